The fraction of sp³-hybridized carbons (Fsp3) is 0.929. The van der Waals surface area contributed by atoms with Gasteiger partial charge in [0.1, 0.15) is 0 Å². The first-order valence-electron chi connectivity index (χ1n) is 7.20. The molecule has 0 bridgehead atoms. The zero-order valence-electron chi connectivity index (χ0n) is 12.8. The number of β-amino-alcohol motifs (C(OH)–C–C–N with tert-alkyl or cyclic N) is 1. The van der Waals surface area contributed by atoms with Gasteiger partial charge in [-0.2, -0.15) is 0 Å². The lowest BCUT2D eigenvalue weighted by Crippen LogP contribution is -2.49. The SMILES string of the molecule is CC(O)CN1CCN(CCC(=O)NC(C)(C)C)CC1. The third kappa shape index (κ3) is 7.50. The Morgan fingerprint density at radius 3 is 2.21 bits per heavy atom. The summed E-state index contributed by atoms with van der Waals surface area (Å²) in [7, 11) is 0. The topological polar surface area (TPSA) is 55.8 Å². The third-order valence-corrected chi connectivity index (χ3v) is 3.16. The van der Waals surface area contributed by atoms with Gasteiger partial charge in [0.15, 0.2) is 0 Å². The van der Waals surface area contributed by atoms with Crippen LogP contribution in [0, 0.1) is 0 Å². The minimum Gasteiger partial charge on any atom is -0.392 e. The summed E-state index contributed by atoms with van der Waals surface area (Å²) in [6.45, 7) is 13.3. The van der Waals surface area contributed by atoms with Crippen molar-refractivity contribution in [1.29, 1.82) is 0 Å². The van der Waals surface area contributed by atoms with Crippen molar-refractivity contribution in [3.63, 3.8) is 0 Å². The summed E-state index contributed by atoms with van der Waals surface area (Å²) in [5, 5.41) is 12.3. The Morgan fingerprint density at radius 2 is 1.74 bits per heavy atom. The van der Waals surface area contributed by atoms with Crippen LogP contribution in [0.4, 0.5) is 0 Å². The van der Waals surface area contributed by atoms with E-state index >= 15 is 0 Å². The Kier molecular flexibility index (Phi) is 6.23. The molecule has 1 heterocycles. The van der Waals surface area contributed by atoms with E-state index in [4.69, 9.17) is 0 Å². The molecule has 5 nitrogen and oxygen atoms in total. The first kappa shape index (κ1) is 16.4. The number of piperazine rings is 1. The molecule has 0 spiro atoms. The fourth-order valence-electron chi connectivity index (χ4n) is 2.31. The molecule has 1 fully saturated rings. The van der Waals surface area contributed by atoms with Gasteiger partial charge in [-0.05, 0) is 27.7 Å². The molecular formula is C14H29N3O2. The lowest BCUT2D eigenvalue weighted by Gasteiger charge is -2.35. The number of nitrogens with zero attached hydrogens (tertiary/aromatic N) is 2. The summed E-state index contributed by atoms with van der Waals surface area (Å²) in [5.74, 6) is 0.124. The van der Waals surface area contributed by atoms with Crippen LogP contribution in [0.3, 0.4) is 0 Å². The highest BCUT2D eigenvalue weighted by molar-refractivity contribution is 5.76. The maximum atomic E-state index is 11.7. The first-order valence-corrected chi connectivity index (χ1v) is 7.20. The molecule has 1 saturated heterocycles. The van der Waals surface area contributed by atoms with Crippen LogP contribution in [0.1, 0.15) is 34.1 Å². The van der Waals surface area contributed by atoms with Crippen molar-refractivity contribution < 1.29 is 9.90 Å². The molecular weight excluding hydrogens is 242 g/mol. The average molecular weight is 271 g/mol. The summed E-state index contributed by atoms with van der Waals surface area (Å²) in [6, 6.07) is 0. The largest absolute Gasteiger partial charge is 0.392 e. The van der Waals surface area contributed by atoms with Crippen molar-refractivity contribution in [1.82, 2.24) is 15.1 Å². The number of hydrogen-bond acceptors (Lipinski definition) is 4. The lowest BCUT2D eigenvalue weighted by molar-refractivity contribution is -0.122. The molecule has 2 N–H and O–H groups in total. The average Bonchev–Trinajstić information content (AvgIpc) is 2.25. The Balaban J connectivity index is 2.17. The first-order chi connectivity index (χ1) is 8.76. The van der Waals surface area contributed by atoms with Crippen molar-refractivity contribution >= 4 is 5.91 Å². The predicted molar refractivity (Wildman–Crippen MR) is 77.1 cm³/mol. The molecule has 19 heavy (non-hydrogen) atoms. The van der Waals surface area contributed by atoms with Crippen LogP contribution in [0.2, 0.25) is 0 Å². The second-order valence-corrected chi connectivity index (χ2v) is 6.54. The number of hydrogen-bond donors (Lipinski definition) is 2. The van der Waals surface area contributed by atoms with Crippen molar-refractivity contribution in [2.24, 2.45) is 0 Å². The smallest absolute Gasteiger partial charge is 0.221 e. The monoisotopic (exact) mass is 271 g/mol. The number of aliphatic hydroxyl groups is 1. The van der Waals surface area contributed by atoms with E-state index in [1.54, 1.807) is 0 Å². The Morgan fingerprint density at radius 1 is 1.21 bits per heavy atom. The van der Waals surface area contributed by atoms with Crippen molar-refractivity contribution in [2.75, 3.05) is 39.3 Å². The van der Waals surface area contributed by atoms with Gasteiger partial charge in [-0.15, -0.1) is 0 Å². The van der Waals surface area contributed by atoms with Crippen LogP contribution >= 0.6 is 0 Å². The quantitative estimate of drug-likeness (QED) is 0.755. The van der Waals surface area contributed by atoms with E-state index in [0.29, 0.717) is 6.42 Å². The van der Waals surface area contributed by atoms with Crippen molar-refractivity contribution in [2.45, 2.75) is 45.8 Å². The van der Waals surface area contributed by atoms with Crippen LogP contribution in [-0.4, -0.2) is 71.7 Å². The van der Waals surface area contributed by atoms with Gasteiger partial charge < -0.3 is 15.3 Å². The molecule has 0 saturated carbocycles. The van der Waals surface area contributed by atoms with Crippen LogP contribution in [0.25, 0.3) is 0 Å². The van der Waals surface area contributed by atoms with Gasteiger partial charge in [0.2, 0.25) is 5.91 Å². The van der Waals surface area contributed by atoms with Crippen molar-refractivity contribution in [3.05, 3.63) is 0 Å². The number of amides is 1. The highest BCUT2D eigenvalue weighted by Gasteiger charge is 2.19. The predicted octanol–water partition coefficient (Wildman–Crippen LogP) is 0.290. The molecule has 0 aromatic rings. The third-order valence-electron chi connectivity index (χ3n) is 3.16. The summed E-state index contributed by atoms with van der Waals surface area (Å²) < 4.78 is 0. The molecule has 1 rings (SSSR count). The summed E-state index contributed by atoms with van der Waals surface area (Å²) in [5.41, 5.74) is -0.146. The molecule has 0 aliphatic carbocycles. The van der Waals surface area contributed by atoms with Gasteiger partial charge in [0.05, 0.1) is 6.10 Å². The van der Waals surface area contributed by atoms with Crippen LogP contribution in [-0.2, 0) is 4.79 Å². The molecule has 1 amide bonds. The number of rotatable bonds is 5. The zero-order chi connectivity index (χ0) is 14.5. The van der Waals surface area contributed by atoms with Crippen LogP contribution in [0.5, 0.6) is 0 Å². The van der Waals surface area contributed by atoms with E-state index in [2.05, 4.69) is 15.1 Å². The van der Waals surface area contributed by atoms with E-state index in [1.165, 1.54) is 0 Å². The lowest BCUT2D eigenvalue weighted by atomic mass is 10.1. The van der Waals surface area contributed by atoms with Gasteiger partial charge in [0, 0.05) is 51.2 Å². The van der Waals surface area contributed by atoms with E-state index < -0.39 is 0 Å². The standard InChI is InChI=1S/C14H29N3O2/c1-12(18)11-17-9-7-16(8-10-17)6-5-13(19)15-14(2,3)4/h12,18H,5-11H2,1-4H3,(H,15,19). The van der Waals surface area contributed by atoms with Gasteiger partial charge >= 0.3 is 0 Å². The Labute approximate surface area is 117 Å². The van der Waals surface area contributed by atoms with Crippen molar-refractivity contribution in [3.8, 4) is 0 Å². The van der Waals surface area contributed by atoms with E-state index in [-0.39, 0.29) is 17.6 Å². The number of nitrogens with one attached hydrogen (secondary N) is 1. The molecule has 1 unspecified atom stereocenters. The van der Waals surface area contributed by atoms with Gasteiger partial charge in [-0.1, -0.05) is 0 Å². The summed E-state index contributed by atoms with van der Waals surface area (Å²) in [6.07, 6.45) is 0.303. The molecule has 1 atom stereocenters. The van der Waals surface area contributed by atoms with Gasteiger partial charge in [0.25, 0.3) is 0 Å². The molecule has 0 aromatic heterocycles. The van der Waals surface area contributed by atoms with E-state index in [0.717, 1.165) is 39.3 Å². The number of aliphatic hydroxyl groups excluding tert-OH is 1. The maximum Gasteiger partial charge on any atom is 0.221 e. The fourth-order valence-corrected chi connectivity index (χ4v) is 2.31. The molecule has 0 radical (unpaired) electrons. The highest BCUT2D eigenvalue weighted by Crippen LogP contribution is 2.04. The van der Waals surface area contributed by atoms with E-state index in [1.807, 2.05) is 27.7 Å². The maximum absolute atomic E-state index is 11.7. The molecule has 112 valence electrons. The summed E-state index contributed by atoms with van der Waals surface area (Å²) >= 11 is 0. The van der Waals surface area contributed by atoms with Gasteiger partial charge in [-0.3, -0.25) is 9.69 Å². The Bertz CT molecular complexity index is 279. The van der Waals surface area contributed by atoms with Crippen LogP contribution < -0.4 is 5.32 Å². The zero-order valence-corrected chi connectivity index (χ0v) is 12.8. The number of carbonyl (C=O) groups excluding carboxylic acids is 1. The molecule has 0 aromatic carbocycles. The minimum atomic E-state index is -0.260. The van der Waals surface area contributed by atoms with E-state index in [9.17, 15) is 9.90 Å². The van der Waals surface area contributed by atoms with Crippen LogP contribution in [0.15, 0.2) is 0 Å². The normalized spacial score (nSPS) is 20.3. The highest BCUT2D eigenvalue weighted by atomic mass is 16.3. The molecule has 1 aliphatic rings. The summed E-state index contributed by atoms with van der Waals surface area (Å²) in [4.78, 5) is 16.3. The minimum absolute atomic E-state index is 0.124. The number of carbonyl (C=O) groups is 1. The second kappa shape index (κ2) is 7.22. The molecule has 5 heteroatoms. The Hall–Kier alpha value is -0.650. The van der Waals surface area contributed by atoms with Gasteiger partial charge in [-0.25, -0.2) is 0 Å². The second-order valence-electron chi connectivity index (χ2n) is 6.54. The molecule has 1 aliphatic heterocycles.